The molecule has 0 amide bonds. The standard InChI is InChI=1S/C22H25NO7/c1-28-14-7-5-12(6-8-14)9-13-10-23-15-3-2-4-16(18(13)15)29-22-21(27)20(26)19(25)17(11-24)30-22/h2-8,10,17,19-27H,9,11H2,1H3/t17-,19-,20+,21-,22-/m1/s1. The van der Waals surface area contributed by atoms with Gasteiger partial charge in [-0.3, -0.25) is 0 Å². The molecule has 1 saturated heterocycles. The summed E-state index contributed by atoms with van der Waals surface area (Å²) in [5, 5.41) is 40.5. The van der Waals surface area contributed by atoms with Crippen molar-refractivity contribution in [2.75, 3.05) is 13.7 Å². The molecule has 4 rings (SSSR count). The second-order valence-electron chi connectivity index (χ2n) is 7.33. The summed E-state index contributed by atoms with van der Waals surface area (Å²) in [6.07, 6.45) is -4.13. The molecule has 1 fully saturated rings. The molecule has 0 radical (unpaired) electrons. The maximum absolute atomic E-state index is 10.3. The van der Waals surface area contributed by atoms with Gasteiger partial charge in [-0.2, -0.15) is 0 Å². The summed E-state index contributed by atoms with van der Waals surface area (Å²) in [6, 6.07) is 13.2. The summed E-state index contributed by atoms with van der Waals surface area (Å²) in [4.78, 5) is 3.22. The van der Waals surface area contributed by atoms with Crippen LogP contribution in [0.4, 0.5) is 0 Å². The predicted molar refractivity (Wildman–Crippen MR) is 108 cm³/mol. The Kier molecular flexibility index (Phi) is 5.94. The number of hydrogen-bond acceptors (Lipinski definition) is 7. The van der Waals surface area contributed by atoms with Crippen molar-refractivity contribution < 1.29 is 34.6 Å². The molecule has 2 heterocycles. The topological polar surface area (TPSA) is 124 Å². The number of aliphatic hydroxyl groups excluding tert-OH is 4. The van der Waals surface area contributed by atoms with Gasteiger partial charge < -0.3 is 39.6 Å². The first-order chi connectivity index (χ1) is 14.5. The van der Waals surface area contributed by atoms with Crippen LogP contribution in [0, 0.1) is 0 Å². The summed E-state index contributed by atoms with van der Waals surface area (Å²) >= 11 is 0. The molecular weight excluding hydrogens is 390 g/mol. The molecule has 0 saturated carbocycles. The highest BCUT2D eigenvalue weighted by molar-refractivity contribution is 5.89. The molecule has 0 bridgehead atoms. The first-order valence-electron chi connectivity index (χ1n) is 9.71. The molecule has 0 aliphatic carbocycles. The zero-order chi connectivity index (χ0) is 21.3. The van der Waals surface area contributed by atoms with Gasteiger partial charge in [0.05, 0.1) is 13.7 Å². The van der Waals surface area contributed by atoms with Crippen LogP contribution in [0.15, 0.2) is 48.7 Å². The Bertz CT molecular complexity index is 985. The molecule has 3 aromatic rings. The molecule has 1 aromatic heterocycles. The van der Waals surface area contributed by atoms with E-state index in [1.54, 1.807) is 19.2 Å². The molecule has 160 valence electrons. The third kappa shape index (κ3) is 3.88. The number of nitrogens with one attached hydrogen (secondary N) is 1. The molecule has 0 spiro atoms. The number of hydrogen-bond donors (Lipinski definition) is 5. The number of aromatic nitrogens is 1. The lowest BCUT2D eigenvalue weighted by atomic mass is 9.99. The molecule has 5 N–H and O–H groups in total. The maximum Gasteiger partial charge on any atom is 0.229 e. The van der Waals surface area contributed by atoms with Gasteiger partial charge in [0.2, 0.25) is 6.29 Å². The Labute approximate surface area is 173 Å². The van der Waals surface area contributed by atoms with Crippen molar-refractivity contribution in [3.05, 3.63) is 59.8 Å². The van der Waals surface area contributed by atoms with Crippen LogP contribution in [0.25, 0.3) is 10.9 Å². The highest BCUT2D eigenvalue weighted by Gasteiger charge is 2.44. The highest BCUT2D eigenvalue weighted by atomic mass is 16.7. The number of benzene rings is 2. The first kappa shape index (κ1) is 20.6. The smallest absolute Gasteiger partial charge is 0.229 e. The third-order valence-corrected chi connectivity index (χ3v) is 5.39. The van der Waals surface area contributed by atoms with Crippen LogP contribution in [-0.4, -0.2) is 69.8 Å². The van der Waals surface area contributed by atoms with E-state index >= 15 is 0 Å². The first-order valence-corrected chi connectivity index (χ1v) is 9.71. The average Bonchev–Trinajstić information content (AvgIpc) is 3.18. The van der Waals surface area contributed by atoms with Crippen LogP contribution in [0.3, 0.4) is 0 Å². The second-order valence-corrected chi connectivity index (χ2v) is 7.33. The second kappa shape index (κ2) is 8.63. The minimum absolute atomic E-state index is 0.460. The lowest BCUT2D eigenvalue weighted by molar-refractivity contribution is -0.277. The van der Waals surface area contributed by atoms with E-state index in [0.29, 0.717) is 12.2 Å². The largest absolute Gasteiger partial charge is 0.497 e. The van der Waals surface area contributed by atoms with Crippen LogP contribution >= 0.6 is 0 Å². The maximum atomic E-state index is 10.3. The van der Waals surface area contributed by atoms with E-state index in [9.17, 15) is 20.4 Å². The van der Waals surface area contributed by atoms with Crippen LogP contribution in [-0.2, 0) is 11.2 Å². The molecule has 5 atom stereocenters. The van der Waals surface area contributed by atoms with E-state index < -0.39 is 37.3 Å². The molecule has 0 unspecified atom stereocenters. The number of aromatic amines is 1. The summed E-state index contributed by atoms with van der Waals surface area (Å²) in [7, 11) is 1.62. The van der Waals surface area contributed by atoms with E-state index in [4.69, 9.17) is 14.2 Å². The van der Waals surface area contributed by atoms with Gasteiger partial charge in [-0.25, -0.2) is 0 Å². The van der Waals surface area contributed by atoms with Gasteiger partial charge in [-0.05, 0) is 41.8 Å². The van der Waals surface area contributed by atoms with Crippen molar-refractivity contribution >= 4 is 10.9 Å². The molecule has 1 aliphatic rings. The molecule has 8 nitrogen and oxygen atoms in total. The van der Waals surface area contributed by atoms with Gasteiger partial charge >= 0.3 is 0 Å². The van der Waals surface area contributed by atoms with Gasteiger partial charge in [0.25, 0.3) is 0 Å². The van der Waals surface area contributed by atoms with Crippen LogP contribution in [0.1, 0.15) is 11.1 Å². The van der Waals surface area contributed by atoms with Crippen molar-refractivity contribution in [1.82, 2.24) is 4.98 Å². The Hall–Kier alpha value is -2.62. The zero-order valence-corrected chi connectivity index (χ0v) is 16.4. The summed E-state index contributed by atoms with van der Waals surface area (Å²) in [5.41, 5.74) is 2.91. The minimum Gasteiger partial charge on any atom is -0.497 e. The quantitative estimate of drug-likeness (QED) is 0.406. The Morgan fingerprint density at radius 3 is 2.47 bits per heavy atom. The van der Waals surface area contributed by atoms with Crippen molar-refractivity contribution in [2.24, 2.45) is 0 Å². The van der Waals surface area contributed by atoms with Crippen molar-refractivity contribution in [3.63, 3.8) is 0 Å². The normalized spacial score (nSPS) is 26.6. The SMILES string of the molecule is COc1ccc(Cc2c[nH]c3cccc(O[C@@H]4O[C@H](CO)[C@@H](O)[C@H](O)[C@H]4O)c23)cc1. The fourth-order valence-electron chi connectivity index (χ4n) is 3.71. The molecule has 30 heavy (non-hydrogen) atoms. The number of ether oxygens (including phenoxy) is 3. The Morgan fingerprint density at radius 2 is 1.77 bits per heavy atom. The van der Waals surface area contributed by atoms with Gasteiger partial charge in [0.1, 0.15) is 35.9 Å². The van der Waals surface area contributed by atoms with Gasteiger partial charge in [-0.15, -0.1) is 0 Å². The molecule has 8 heteroatoms. The summed E-state index contributed by atoms with van der Waals surface area (Å²) in [6.45, 7) is -0.512. The lowest BCUT2D eigenvalue weighted by Crippen LogP contribution is -2.60. The molecular formula is C22H25NO7. The fourth-order valence-corrected chi connectivity index (χ4v) is 3.71. The van der Waals surface area contributed by atoms with Crippen LogP contribution in [0.5, 0.6) is 11.5 Å². The van der Waals surface area contributed by atoms with Crippen molar-refractivity contribution in [2.45, 2.75) is 37.1 Å². The number of H-pyrrole nitrogens is 1. The molecule has 1 aliphatic heterocycles. The summed E-state index contributed by atoms with van der Waals surface area (Å²) < 4.78 is 16.6. The zero-order valence-electron chi connectivity index (χ0n) is 16.4. The third-order valence-electron chi connectivity index (χ3n) is 5.39. The Morgan fingerprint density at radius 1 is 1.00 bits per heavy atom. The van der Waals surface area contributed by atoms with Crippen LogP contribution in [0.2, 0.25) is 0 Å². The number of aliphatic hydroxyl groups is 4. The Balaban J connectivity index is 1.62. The van der Waals surface area contributed by atoms with E-state index in [1.165, 1.54) is 0 Å². The van der Waals surface area contributed by atoms with Gasteiger partial charge in [0, 0.05) is 17.1 Å². The van der Waals surface area contributed by atoms with E-state index in [1.807, 2.05) is 36.5 Å². The number of fused-ring (bicyclic) bond motifs is 1. The van der Waals surface area contributed by atoms with Gasteiger partial charge in [0.15, 0.2) is 0 Å². The highest BCUT2D eigenvalue weighted by Crippen LogP contribution is 2.33. The summed E-state index contributed by atoms with van der Waals surface area (Å²) in [5.74, 6) is 1.24. The van der Waals surface area contributed by atoms with Crippen molar-refractivity contribution in [1.29, 1.82) is 0 Å². The monoisotopic (exact) mass is 415 g/mol. The predicted octanol–water partition coefficient (Wildman–Crippen LogP) is 0.946. The lowest BCUT2D eigenvalue weighted by Gasteiger charge is -2.39. The van der Waals surface area contributed by atoms with E-state index in [2.05, 4.69) is 4.98 Å². The fraction of sp³-hybridized carbons (Fsp3) is 0.364. The molecule has 2 aromatic carbocycles. The number of rotatable bonds is 6. The number of methoxy groups -OCH3 is 1. The van der Waals surface area contributed by atoms with Crippen LogP contribution < -0.4 is 9.47 Å². The minimum atomic E-state index is -1.50. The van der Waals surface area contributed by atoms with Crippen molar-refractivity contribution in [3.8, 4) is 11.5 Å². The van der Waals surface area contributed by atoms with E-state index in [0.717, 1.165) is 27.8 Å². The van der Waals surface area contributed by atoms with Gasteiger partial charge in [-0.1, -0.05) is 18.2 Å². The average molecular weight is 415 g/mol. The van der Waals surface area contributed by atoms with E-state index in [-0.39, 0.29) is 0 Å².